The third-order valence-corrected chi connectivity index (χ3v) is 4.70. The quantitative estimate of drug-likeness (QED) is 0.284. The first-order chi connectivity index (χ1) is 13.7. The molecule has 0 heterocycles. The Labute approximate surface area is 166 Å². The van der Waals surface area contributed by atoms with Gasteiger partial charge in [0, 0.05) is 5.56 Å². The Hall–Kier alpha value is -3.38. The van der Waals surface area contributed by atoms with Crippen molar-refractivity contribution >= 4 is 5.97 Å². The average molecular weight is 369 g/mol. The van der Waals surface area contributed by atoms with Crippen LogP contribution in [0, 0.1) is 11.3 Å². The molecule has 3 heteroatoms. The predicted molar refractivity (Wildman–Crippen MR) is 111 cm³/mol. The summed E-state index contributed by atoms with van der Waals surface area (Å²) in [6.07, 6.45) is 4.32. The minimum Gasteiger partial charge on any atom is -0.422 e. The molecule has 3 aromatic rings. The van der Waals surface area contributed by atoms with Crippen molar-refractivity contribution < 1.29 is 9.53 Å². The summed E-state index contributed by atoms with van der Waals surface area (Å²) in [4.78, 5) is 12.6. The number of carbonyl (C=O) groups is 1. The monoisotopic (exact) mass is 369 g/mol. The summed E-state index contributed by atoms with van der Waals surface area (Å²) >= 11 is 0. The van der Waals surface area contributed by atoms with E-state index >= 15 is 0 Å². The van der Waals surface area contributed by atoms with Gasteiger partial charge in [-0.15, -0.1) is 0 Å². The van der Waals surface area contributed by atoms with Gasteiger partial charge in [0.1, 0.15) is 5.75 Å². The maximum absolute atomic E-state index is 12.6. The third kappa shape index (κ3) is 4.47. The largest absolute Gasteiger partial charge is 0.422 e. The van der Waals surface area contributed by atoms with Crippen LogP contribution in [0.25, 0.3) is 11.1 Å². The second kappa shape index (κ2) is 9.53. The highest BCUT2D eigenvalue weighted by atomic mass is 16.5. The van der Waals surface area contributed by atoms with Crippen molar-refractivity contribution in [1.82, 2.24) is 0 Å². The number of hydrogen-bond donors (Lipinski definition) is 0. The van der Waals surface area contributed by atoms with Crippen molar-refractivity contribution in [3.05, 3.63) is 89.5 Å². The molecule has 0 aliphatic carbocycles. The van der Waals surface area contributed by atoms with E-state index < -0.39 is 5.97 Å². The van der Waals surface area contributed by atoms with E-state index in [-0.39, 0.29) is 0 Å². The Kier molecular flexibility index (Phi) is 6.59. The summed E-state index contributed by atoms with van der Waals surface area (Å²) in [5, 5.41) is 9.67. The fourth-order valence-electron chi connectivity index (χ4n) is 3.27. The molecule has 0 aliphatic heterocycles. The first-order valence-electron chi connectivity index (χ1n) is 9.63. The van der Waals surface area contributed by atoms with Gasteiger partial charge in [-0.05, 0) is 48.2 Å². The van der Waals surface area contributed by atoms with Crippen LogP contribution in [-0.2, 0) is 6.42 Å². The summed E-state index contributed by atoms with van der Waals surface area (Å²) < 4.78 is 5.72. The van der Waals surface area contributed by atoms with Gasteiger partial charge in [0.05, 0.1) is 17.2 Å². The lowest BCUT2D eigenvalue weighted by Crippen LogP contribution is -2.09. The number of nitrogens with zero attached hydrogens (tertiary/aromatic N) is 1. The smallest absolute Gasteiger partial charge is 0.343 e. The molecule has 3 nitrogen and oxygen atoms in total. The van der Waals surface area contributed by atoms with Gasteiger partial charge < -0.3 is 4.74 Å². The minimum atomic E-state index is -0.430. The summed E-state index contributed by atoms with van der Waals surface area (Å²) in [5.41, 5.74) is 3.77. The van der Waals surface area contributed by atoms with Gasteiger partial charge >= 0.3 is 5.97 Å². The highest BCUT2D eigenvalue weighted by Gasteiger charge is 2.18. The molecule has 0 amide bonds. The van der Waals surface area contributed by atoms with Crippen molar-refractivity contribution in [3.63, 3.8) is 0 Å². The number of esters is 1. The number of carbonyl (C=O) groups excluding carboxylic acids is 1. The summed E-state index contributed by atoms with van der Waals surface area (Å²) in [6, 6.07) is 24.4. The molecular weight excluding hydrogens is 346 g/mol. The fourth-order valence-corrected chi connectivity index (χ4v) is 3.27. The molecule has 3 rings (SSSR count). The average Bonchev–Trinajstić information content (AvgIpc) is 2.75. The van der Waals surface area contributed by atoms with E-state index in [1.54, 1.807) is 42.5 Å². The van der Waals surface area contributed by atoms with Crippen LogP contribution in [-0.4, -0.2) is 5.97 Å². The zero-order valence-electron chi connectivity index (χ0n) is 16.0. The summed E-state index contributed by atoms with van der Waals surface area (Å²) in [5.74, 6) is -0.0174. The van der Waals surface area contributed by atoms with E-state index in [9.17, 15) is 10.1 Å². The second-order valence-corrected chi connectivity index (χ2v) is 6.66. The van der Waals surface area contributed by atoms with Crippen LogP contribution in [0.2, 0.25) is 0 Å². The SMILES string of the molecule is CCCCCc1ccccc1-c1c(C#N)cccc1OC(=O)c1ccccc1. The Bertz CT molecular complexity index is 987. The zero-order chi connectivity index (χ0) is 19.8. The van der Waals surface area contributed by atoms with Crippen molar-refractivity contribution in [2.45, 2.75) is 32.6 Å². The highest BCUT2D eigenvalue weighted by molar-refractivity contribution is 5.92. The molecule has 0 saturated heterocycles. The molecule has 0 saturated carbocycles. The Morgan fingerprint density at radius 2 is 1.68 bits per heavy atom. The van der Waals surface area contributed by atoms with Crippen molar-refractivity contribution in [1.29, 1.82) is 5.26 Å². The van der Waals surface area contributed by atoms with Crippen LogP contribution in [0.5, 0.6) is 5.75 Å². The first-order valence-corrected chi connectivity index (χ1v) is 9.63. The van der Waals surface area contributed by atoms with Gasteiger partial charge in [-0.25, -0.2) is 4.79 Å². The maximum Gasteiger partial charge on any atom is 0.343 e. The van der Waals surface area contributed by atoms with Crippen LogP contribution in [0.3, 0.4) is 0 Å². The molecule has 28 heavy (non-hydrogen) atoms. The zero-order valence-corrected chi connectivity index (χ0v) is 16.0. The van der Waals surface area contributed by atoms with Crippen LogP contribution >= 0.6 is 0 Å². The lowest BCUT2D eigenvalue weighted by atomic mass is 9.92. The molecule has 0 aliphatic rings. The van der Waals surface area contributed by atoms with Crippen molar-refractivity contribution in [3.8, 4) is 22.9 Å². The van der Waals surface area contributed by atoms with Crippen molar-refractivity contribution in [2.24, 2.45) is 0 Å². The van der Waals surface area contributed by atoms with E-state index in [0.29, 0.717) is 22.4 Å². The van der Waals surface area contributed by atoms with Crippen LogP contribution in [0.4, 0.5) is 0 Å². The number of nitriles is 1. The van der Waals surface area contributed by atoms with Crippen LogP contribution in [0.15, 0.2) is 72.8 Å². The van der Waals surface area contributed by atoms with Crippen molar-refractivity contribution in [2.75, 3.05) is 0 Å². The number of ether oxygens (including phenoxy) is 1. The molecule has 0 atom stereocenters. The predicted octanol–water partition coefficient (Wildman–Crippen LogP) is 6.18. The molecule has 0 fully saturated rings. The third-order valence-electron chi connectivity index (χ3n) is 4.70. The van der Waals surface area contributed by atoms with E-state index in [1.807, 2.05) is 24.3 Å². The number of benzene rings is 3. The number of aryl methyl sites for hydroxylation is 1. The van der Waals surface area contributed by atoms with Gasteiger partial charge in [-0.1, -0.05) is 68.3 Å². The molecule has 0 spiro atoms. The Morgan fingerprint density at radius 3 is 2.43 bits per heavy atom. The fraction of sp³-hybridized carbons (Fsp3) is 0.200. The van der Waals surface area contributed by atoms with Crippen LogP contribution < -0.4 is 4.74 Å². The Morgan fingerprint density at radius 1 is 0.929 bits per heavy atom. The lowest BCUT2D eigenvalue weighted by Gasteiger charge is -2.15. The van der Waals surface area contributed by atoms with Gasteiger partial charge in [-0.3, -0.25) is 0 Å². The topological polar surface area (TPSA) is 50.1 Å². The van der Waals surface area contributed by atoms with E-state index in [4.69, 9.17) is 4.74 Å². The summed E-state index contributed by atoms with van der Waals surface area (Å²) in [7, 11) is 0. The summed E-state index contributed by atoms with van der Waals surface area (Å²) in [6.45, 7) is 2.18. The maximum atomic E-state index is 12.6. The minimum absolute atomic E-state index is 0.413. The molecular formula is C25H23NO2. The van der Waals surface area contributed by atoms with Gasteiger partial charge in [0.15, 0.2) is 0 Å². The number of rotatable bonds is 7. The molecule has 0 radical (unpaired) electrons. The van der Waals surface area contributed by atoms with Gasteiger partial charge in [0.2, 0.25) is 0 Å². The highest BCUT2D eigenvalue weighted by Crippen LogP contribution is 2.36. The van der Waals surface area contributed by atoms with E-state index in [2.05, 4.69) is 19.1 Å². The normalized spacial score (nSPS) is 10.3. The van der Waals surface area contributed by atoms with Gasteiger partial charge in [-0.2, -0.15) is 5.26 Å². The number of hydrogen-bond acceptors (Lipinski definition) is 3. The van der Waals surface area contributed by atoms with Crippen LogP contribution in [0.1, 0.15) is 47.7 Å². The standard InChI is InChI=1S/C25H23NO2/c1-2-3-5-11-19-12-8-9-16-22(19)24-21(18-26)15-10-17-23(24)28-25(27)20-13-6-4-7-14-20/h4,6-10,12-17H,2-3,5,11H2,1H3. The second-order valence-electron chi connectivity index (χ2n) is 6.66. The molecule has 0 bridgehead atoms. The van der Waals surface area contributed by atoms with Gasteiger partial charge in [0.25, 0.3) is 0 Å². The lowest BCUT2D eigenvalue weighted by molar-refractivity contribution is 0.0735. The van der Waals surface area contributed by atoms with E-state index in [1.165, 1.54) is 0 Å². The Balaban J connectivity index is 2.02. The molecule has 3 aromatic carbocycles. The molecule has 0 N–H and O–H groups in total. The molecule has 140 valence electrons. The van der Waals surface area contributed by atoms with E-state index in [0.717, 1.165) is 36.8 Å². The number of unbranched alkanes of at least 4 members (excludes halogenated alkanes) is 2. The molecule has 0 unspecified atom stereocenters. The first kappa shape index (κ1) is 19.4. The molecule has 0 aromatic heterocycles.